The lowest BCUT2D eigenvalue weighted by Crippen LogP contribution is -2.49. The molecular formula is C27H44N4O3Si. The Kier molecular flexibility index (Phi) is 7.93. The summed E-state index contributed by atoms with van der Waals surface area (Å²) >= 11 is 0. The van der Waals surface area contributed by atoms with E-state index in [1.807, 2.05) is 12.1 Å². The largest absolute Gasteiger partial charge is 0.416 e. The van der Waals surface area contributed by atoms with E-state index in [1.165, 1.54) is 12.8 Å². The van der Waals surface area contributed by atoms with Gasteiger partial charge in [0.25, 0.3) is 5.91 Å². The van der Waals surface area contributed by atoms with Crippen molar-refractivity contribution in [2.75, 3.05) is 37.0 Å². The second kappa shape index (κ2) is 10.6. The molecule has 2 fully saturated rings. The fraction of sp³-hybridized carbons (Fsp3) is 0.704. The molecule has 2 N–H and O–H groups in total. The highest BCUT2D eigenvalue weighted by Gasteiger charge is 2.46. The van der Waals surface area contributed by atoms with Crippen LogP contribution in [0.1, 0.15) is 73.3 Å². The lowest BCUT2D eigenvalue weighted by atomic mass is 9.85. The van der Waals surface area contributed by atoms with E-state index < -0.39 is 8.32 Å². The molecule has 8 heteroatoms. The van der Waals surface area contributed by atoms with Crippen molar-refractivity contribution >= 4 is 36.9 Å². The summed E-state index contributed by atoms with van der Waals surface area (Å²) in [5, 5.41) is 0. The van der Waals surface area contributed by atoms with Crippen LogP contribution in [0.5, 0.6) is 0 Å². The molecule has 35 heavy (non-hydrogen) atoms. The van der Waals surface area contributed by atoms with Gasteiger partial charge in [-0.05, 0) is 47.7 Å². The van der Waals surface area contributed by atoms with Gasteiger partial charge in [0.2, 0.25) is 5.95 Å². The third-order valence-corrected chi connectivity index (χ3v) is 14.5. The summed E-state index contributed by atoms with van der Waals surface area (Å²) in [4.78, 5) is 18.8. The van der Waals surface area contributed by atoms with Gasteiger partial charge in [-0.3, -0.25) is 4.79 Å². The van der Waals surface area contributed by atoms with Crippen LogP contribution in [0.3, 0.4) is 0 Å². The lowest BCUT2D eigenvalue weighted by molar-refractivity contribution is -0.125. The Bertz CT molecular complexity index is 1010. The Balaban J connectivity index is 1.62. The topological polar surface area (TPSA) is 82.6 Å². The molecule has 1 aromatic heterocycles. The zero-order valence-electron chi connectivity index (χ0n) is 22.4. The first-order valence-corrected chi connectivity index (χ1v) is 15.6. The number of aromatic nitrogens is 2. The number of benzene rings is 1. The predicted octanol–water partition coefficient (Wildman–Crippen LogP) is 5.91. The van der Waals surface area contributed by atoms with Crippen LogP contribution in [0.25, 0.3) is 11.0 Å². The molecule has 4 rings (SSSR count). The number of nitrogens with zero attached hydrogens (tertiary/aromatic N) is 3. The monoisotopic (exact) mass is 500 g/mol. The van der Waals surface area contributed by atoms with E-state index in [0.717, 1.165) is 36.2 Å². The highest BCUT2D eigenvalue weighted by Crippen LogP contribution is 2.45. The smallest absolute Gasteiger partial charge is 0.253 e. The maximum atomic E-state index is 12.3. The van der Waals surface area contributed by atoms with Crippen molar-refractivity contribution in [2.24, 2.45) is 5.92 Å². The Hall–Kier alpha value is -1.90. The highest BCUT2D eigenvalue weighted by atomic mass is 28.4. The van der Waals surface area contributed by atoms with Gasteiger partial charge in [-0.1, -0.05) is 54.4 Å². The maximum absolute atomic E-state index is 12.3. The Morgan fingerprint density at radius 1 is 1.11 bits per heavy atom. The summed E-state index contributed by atoms with van der Waals surface area (Å²) < 4.78 is 14.6. The Labute approximate surface area is 211 Å². The number of nitrogen functional groups attached to an aromatic ring is 1. The van der Waals surface area contributed by atoms with Crippen LogP contribution in [0.2, 0.25) is 16.6 Å². The number of morpholine rings is 1. The van der Waals surface area contributed by atoms with Crippen LogP contribution in [0, 0.1) is 5.92 Å². The van der Waals surface area contributed by atoms with E-state index in [4.69, 9.17) is 19.9 Å². The second-order valence-electron chi connectivity index (χ2n) is 11.4. The number of hydrogen-bond acceptors (Lipinski definition) is 5. The summed E-state index contributed by atoms with van der Waals surface area (Å²) in [5.74, 6) is 0.968. The lowest BCUT2D eigenvalue weighted by Gasteiger charge is -2.44. The number of ether oxygens (including phenoxy) is 1. The molecule has 7 nitrogen and oxygen atoms in total. The maximum Gasteiger partial charge on any atom is 0.253 e. The second-order valence-corrected chi connectivity index (χ2v) is 16.8. The van der Waals surface area contributed by atoms with E-state index in [0.29, 0.717) is 41.6 Å². The molecule has 2 aromatic rings. The summed E-state index contributed by atoms with van der Waals surface area (Å²) in [6.45, 7) is 16.1. The van der Waals surface area contributed by atoms with Crippen molar-refractivity contribution in [3.8, 4) is 0 Å². The molecule has 2 aliphatic rings. The number of anilines is 2. The number of imidazole rings is 1. The van der Waals surface area contributed by atoms with Crippen LogP contribution in [-0.2, 0) is 14.0 Å². The molecule has 0 unspecified atom stereocenters. The summed E-state index contributed by atoms with van der Waals surface area (Å²) in [5.41, 5.74) is 11.0. The van der Waals surface area contributed by atoms with Crippen molar-refractivity contribution in [1.29, 1.82) is 0 Å². The number of hydrogen-bond donors (Lipinski definition) is 1. The third-order valence-electron chi connectivity index (χ3n) is 8.45. The summed E-state index contributed by atoms with van der Waals surface area (Å²) in [6.07, 6.45) is 4.68. The highest BCUT2D eigenvalue weighted by molar-refractivity contribution is 6.77. The minimum Gasteiger partial charge on any atom is -0.416 e. The van der Waals surface area contributed by atoms with E-state index >= 15 is 0 Å². The Morgan fingerprint density at radius 3 is 2.46 bits per heavy atom. The molecule has 2 heterocycles. The van der Waals surface area contributed by atoms with Gasteiger partial charge in [0.1, 0.15) is 6.61 Å². The average molecular weight is 501 g/mol. The van der Waals surface area contributed by atoms with Crippen molar-refractivity contribution in [1.82, 2.24) is 9.55 Å². The summed E-state index contributed by atoms with van der Waals surface area (Å²) in [7, 11) is -1.93. The van der Waals surface area contributed by atoms with Gasteiger partial charge in [0.05, 0.1) is 17.6 Å². The number of rotatable bonds is 8. The molecule has 1 aromatic carbocycles. The normalized spacial score (nSPS) is 22.2. The molecule has 1 aliphatic carbocycles. The molecule has 1 saturated carbocycles. The molecule has 1 amide bonds. The van der Waals surface area contributed by atoms with E-state index in [9.17, 15) is 4.79 Å². The molecule has 1 aliphatic heterocycles. The first kappa shape index (κ1) is 26.2. The first-order chi connectivity index (χ1) is 16.7. The number of carbonyl (C=O) groups excluding carboxylic acids is 1. The number of amides is 1. The fourth-order valence-corrected chi connectivity index (χ4v) is 12.4. The Morgan fingerprint density at radius 2 is 1.80 bits per heavy atom. The molecule has 0 spiro atoms. The molecule has 2 atom stereocenters. The zero-order valence-corrected chi connectivity index (χ0v) is 23.4. The van der Waals surface area contributed by atoms with Crippen LogP contribution in [-0.4, -0.2) is 50.1 Å². The van der Waals surface area contributed by atoms with Crippen molar-refractivity contribution < 1.29 is 14.0 Å². The average Bonchev–Trinajstić information content (AvgIpc) is 3.14. The van der Waals surface area contributed by atoms with E-state index in [1.54, 1.807) is 4.90 Å². The SMILES string of the molecule is CC(C)[Si](OC[C@@H]1CCCC[C@@H]1n1c(N)nc2cc(N3CCOCC3=O)ccc21)(C(C)C)C(C)C. The van der Waals surface area contributed by atoms with Gasteiger partial charge in [-0.2, -0.15) is 0 Å². The van der Waals surface area contributed by atoms with Crippen LogP contribution in [0.4, 0.5) is 11.6 Å². The van der Waals surface area contributed by atoms with Crippen LogP contribution < -0.4 is 10.6 Å². The fourth-order valence-electron chi connectivity index (χ4n) is 6.89. The van der Waals surface area contributed by atoms with E-state index in [2.05, 4.69) is 52.2 Å². The number of carbonyl (C=O) groups is 1. The molecule has 0 bridgehead atoms. The summed E-state index contributed by atoms with van der Waals surface area (Å²) in [6, 6.07) is 6.38. The quantitative estimate of drug-likeness (QED) is 0.456. The van der Waals surface area contributed by atoms with Gasteiger partial charge in [-0.15, -0.1) is 0 Å². The van der Waals surface area contributed by atoms with Crippen LogP contribution in [0.15, 0.2) is 18.2 Å². The zero-order chi connectivity index (χ0) is 25.3. The van der Waals surface area contributed by atoms with Crippen LogP contribution >= 0.6 is 0 Å². The minimum atomic E-state index is -1.93. The van der Waals surface area contributed by atoms with Crippen molar-refractivity contribution in [3.05, 3.63) is 18.2 Å². The van der Waals surface area contributed by atoms with Gasteiger partial charge in [0.15, 0.2) is 8.32 Å². The van der Waals surface area contributed by atoms with Crippen molar-refractivity contribution in [3.63, 3.8) is 0 Å². The molecular weight excluding hydrogens is 456 g/mol. The van der Waals surface area contributed by atoms with Gasteiger partial charge in [-0.25, -0.2) is 4.98 Å². The molecule has 0 radical (unpaired) electrons. The molecule has 194 valence electrons. The number of fused-ring (bicyclic) bond motifs is 1. The predicted molar refractivity (Wildman–Crippen MR) is 145 cm³/mol. The van der Waals surface area contributed by atoms with Gasteiger partial charge >= 0.3 is 0 Å². The third kappa shape index (κ3) is 4.89. The standard InChI is InChI=1S/C27H44N4O3Si/c1-18(2)35(19(3)4,20(5)6)34-16-21-9-7-8-10-24(21)31-25-12-11-22(15-23(25)29-27(31)28)30-13-14-33-17-26(30)32/h11-12,15,18-21,24H,7-10,13-14,16-17H2,1-6H3,(H2,28,29)/t21-,24-/m0/s1. The number of nitrogens with two attached hydrogens (primary N) is 1. The van der Waals surface area contributed by atoms with Crippen molar-refractivity contribution in [2.45, 2.75) is 89.9 Å². The first-order valence-electron chi connectivity index (χ1n) is 13.5. The minimum absolute atomic E-state index is 0.0133. The van der Waals surface area contributed by atoms with Gasteiger partial charge < -0.3 is 24.4 Å². The molecule has 1 saturated heterocycles. The van der Waals surface area contributed by atoms with E-state index in [-0.39, 0.29) is 18.6 Å². The van der Waals surface area contributed by atoms with Gasteiger partial charge in [0, 0.05) is 30.8 Å².